The van der Waals surface area contributed by atoms with Crippen molar-refractivity contribution in [2.75, 3.05) is 32.6 Å². The summed E-state index contributed by atoms with van der Waals surface area (Å²) in [5.74, 6) is 0.290. The smallest absolute Gasteiger partial charge is 0.441 e. The Bertz CT molecular complexity index is 1120. The molecule has 4 rings (SSSR count). The average Bonchev–Trinajstić information content (AvgIpc) is 2.85. The normalized spacial score (nSPS) is 19.8. The van der Waals surface area contributed by atoms with E-state index in [0.717, 1.165) is 38.8 Å². The van der Waals surface area contributed by atoms with Gasteiger partial charge in [-0.1, -0.05) is 32.1 Å². The molecule has 2 aliphatic rings. The number of methoxy groups -OCH3 is 1. The van der Waals surface area contributed by atoms with Gasteiger partial charge in [0.1, 0.15) is 28.7 Å². The molecule has 2 fully saturated rings. The fraction of sp³-hybridized carbons (Fsp3) is 0.600. The molecule has 1 aliphatic carbocycles. The molecule has 1 saturated heterocycles. The molecule has 0 unspecified atom stereocenters. The molecule has 1 saturated carbocycles. The van der Waals surface area contributed by atoms with Crippen molar-refractivity contribution >= 4 is 22.7 Å². The Morgan fingerprint density at radius 3 is 2.76 bits per heavy atom. The SMILES string of the molecule is COc1ccc2c(N[C@@H](CC3CCCCC3)C(=O)NC3(C#N)CCN(C)CC3)nc(=O)oc2c1.[HH]. The second-order valence-corrected chi connectivity index (χ2v) is 9.61. The van der Waals surface area contributed by atoms with Crippen LogP contribution in [0.5, 0.6) is 5.75 Å². The molecular formula is C25H35N5O4. The van der Waals surface area contributed by atoms with E-state index in [-0.39, 0.29) is 7.33 Å². The molecule has 184 valence electrons. The maximum Gasteiger partial charge on any atom is 0.441 e. The van der Waals surface area contributed by atoms with Gasteiger partial charge in [0.2, 0.25) is 5.91 Å². The molecule has 1 aromatic heterocycles. The zero-order valence-corrected chi connectivity index (χ0v) is 19.9. The number of aromatic nitrogens is 1. The van der Waals surface area contributed by atoms with E-state index in [9.17, 15) is 14.9 Å². The minimum atomic E-state index is -0.880. The van der Waals surface area contributed by atoms with E-state index in [1.807, 2.05) is 7.05 Å². The molecule has 1 aromatic carbocycles. The number of rotatable bonds is 7. The van der Waals surface area contributed by atoms with Gasteiger partial charge in [0.05, 0.1) is 18.6 Å². The van der Waals surface area contributed by atoms with E-state index in [2.05, 4.69) is 26.6 Å². The molecule has 9 heteroatoms. The van der Waals surface area contributed by atoms with Crippen molar-refractivity contribution in [2.24, 2.45) is 5.92 Å². The summed E-state index contributed by atoms with van der Waals surface area (Å²) < 4.78 is 10.5. The quantitative estimate of drug-likeness (QED) is 0.634. The predicted octanol–water partition coefficient (Wildman–Crippen LogP) is 3.30. The van der Waals surface area contributed by atoms with Gasteiger partial charge >= 0.3 is 5.76 Å². The van der Waals surface area contributed by atoms with E-state index in [0.29, 0.717) is 47.7 Å². The number of likely N-dealkylation sites (tertiary alicyclic amines) is 1. The largest absolute Gasteiger partial charge is 0.497 e. The number of carbonyl (C=O) groups is 1. The Balaban J connectivity index is 0.00000342. The van der Waals surface area contributed by atoms with Gasteiger partial charge in [-0.25, -0.2) is 4.79 Å². The maximum atomic E-state index is 13.6. The van der Waals surface area contributed by atoms with Gasteiger partial charge in [0, 0.05) is 20.6 Å². The summed E-state index contributed by atoms with van der Waals surface area (Å²) in [5.41, 5.74) is -0.545. The van der Waals surface area contributed by atoms with Crippen LogP contribution in [0.4, 0.5) is 5.82 Å². The van der Waals surface area contributed by atoms with E-state index in [1.54, 1.807) is 18.2 Å². The number of nitrogens with one attached hydrogen (secondary N) is 2. The van der Waals surface area contributed by atoms with Gasteiger partial charge in [0.15, 0.2) is 0 Å². The molecule has 34 heavy (non-hydrogen) atoms. The third-order valence-corrected chi connectivity index (χ3v) is 7.18. The molecule has 0 spiro atoms. The lowest BCUT2D eigenvalue weighted by Gasteiger charge is -2.37. The number of nitrogens with zero attached hydrogens (tertiary/aromatic N) is 3. The van der Waals surface area contributed by atoms with Crippen LogP contribution in [-0.4, -0.2) is 54.6 Å². The lowest BCUT2D eigenvalue weighted by atomic mass is 9.84. The maximum absolute atomic E-state index is 13.6. The first-order valence-corrected chi connectivity index (χ1v) is 12.1. The lowest BCUT2D eigenvalue weighted by molar-refractivity contribution is -0.124. The molecule has 0 radical (unpaired) electrons. The van der Waals surface area contributed by atoms with Gasteiger partial charge in [-0.3, -0.25) is 4.79 Å². The summed E-state index contributed by atoms with van der Waals surface area (Å²) in [4.78, 5) is 32.0. The molecule has 2 heterocycles. The Kier molecular flexibility index (Phi) is 7.37. The van der Waals surface area contributed by atoms with Crippen molar-refractivity contribution < 1.29 is 15.4 Å². The van der Waals surface area contributed by atoms with Gasteiger partial charge in [0.25, 0.3) is 0 Å². The highest BCUT2D eigenvalue weighted by Crippen LogP contribution is 2.30. The molecule has 9 nitrogen and oxygen atoms in total. The van der Waals surface area contributed by atoms with Crippen LogP contribution in [0, 0.1) is 17.2 Å². The van der Waals surface area contributed by atoms with Crippen molar-refractivity contribution in [1.29, 1.82) is 5.26 Å². The second kappa shape index (κ2) is 10.4. The number of carbonyl (C=O) groups excluding carboxylic acids is 1. The van der Waals surface area contributed by atoms with Gasteiger partial charge in [-0.05, 0) is 44.4 Å². The van der Waals surface area contributed by atoms with Crippen molar-refractivity contribution in [3.05, 3.63) is 28.7 Å². The number of fused-ring (bicyclic) bond motifs is 1. The van der Waals surface area contributed by atoms with Gasteiger partial charge in [-0.2, -0.15) is 10.2 Å². The Morgan fingerprint density at radius 2 is 2.09 bits per heavy atom. The van der Waals surface area contributed by atoms with Crippen LogP contribution in [-0.2, 0) is 4.79 Å². The molecule has 2 N–H and O–H groups in total. The Labute approximate surface area is 201 Å². The number of nitriles is 1. The fourth-order valence-electron chi connectivity index (χ4n) is 5.03. The number of ether oxygens (including phenoxy) is 1. The number of benzene rings is 1. The highest BCUT2D eigenvalue weighted by molar-refractivity contribution is 5.92. The first-order valence-electron chi connectivity index (χ1n) is 12.1. The minimum absolute atomic E-state index is 0. The molecular weight excluding hydrogens is 434 g/mol. The topological polar surface area (TPSA) is 120 Å². The predicted molar refractivity (Wildman–Crippen MR) is 131 cm³/mol. The monoisotopic (exact) mass is 469 g/mol. The summed E-state index contributed by atoms with van der Waals surface area (Å²) in [6.45, 7) is 1.50. The number of amides is 1. The molecule has 1 aliphatic heterocycles. The summed E-state index contributed by atoms with van der Waals surface area (Å²) in [6, 6.07) is 6.89. The number of hydrogen-bond donors (Lipinski definition) is 2. The van der Waals surface area contributed by atoms with Crippen LogP contribution >= 0.6 is 0 Å². The van der Waals surface area contributed by atoms with Crippen LogP contribution in [0.15, 0.2) is 27.4 Å². The van der Waals surface area contributed by atoms with E-state index in [1.165, 1.54) is 13.5 Å². The zero-order valence-electron chi connectivity index (χ0n) is 19.9. The third-order valence-electron chi connectivity index (χ3n) is 7.18. The number of hydrogen-bond acceptors (Lipinski definition) is 8. The number of anilines is 1. The average molecular weight is 470 g/mol. The van der Waals surface area contributed by atoms with Crippen molar-refractivity contribution in [3.63, 3.8) is 0 Å². The Morgan fingerprint density at radius 1 is 1.35 bits per heavy atom. The summed E-state index contributed by atoms with van der Waals surface area (Å²) in [6.07, 6.45) is 7.46. The van der Waals surface area contributed by atoms with Gasteiger partial charge in [-0.15, -0.1) is 0 Å². The van der Waals surface area contributed by atoms with Crippen LogP contribution in [0.3, 0.4) is 0 Å². The third kappa shape index (κ3) is 5.50. The van der Waals surface area contributed by atoms with Crippen molar-refractivity contribution in [2.45, 2.75) is 62.9 Å². The summed E-state index contributed by atoms with van der Waals surface area (Å²) in [7, 11) is 3.56. The van der Waals surface area contributed by atoms with Crippen LogP contribution < -0.4 is 21.1 Å². The van der Waals surface area contributed by atoms with E-state index >= 15 is 0 Å². The highest BCUT2D eigenvalue weighted by Gasteiger charge is 2.37. The minimum Gasteiger partial charge on any atom is -0.497 e. The number of piperidine rings is 1. The molecule has 1 amide bonds. The van der Waals surface area contributed by atoms with E-state index in [4.69, 9.17) is 9.15 Å². The summed E-state index contributed by atoms with van der Waals surface area (Å²) >= 11 is 0. The zero-order chi connectivity index (χ0) is 24.1. The summed E-state index contributed by atoms with van der Waals surface area (Å²) in [5, 5.41) is 16.8. The van der Waals surface area contributed by atoms with Crippen molar-refractivity contribution in [1.82, 2.24) is 15.2 Å². The van der Waals surface area contributed by atoms with Gasteiger partial charge < -0.3 is 24.7 Å². The Hall–Kier alpha value is -3.12. The molecule has 0 bridgehead atoms. The highest BCUT2D eigenvalue weighted by atomic mass is 16.5. The van der Waals surface area contributed by atoms with E-state index < -0.39 is 17.3 Å². The molecule has 2 aromatic rings. The second-order valence-electron chi connectivity index (χ2n) is 9.61. The van der Waals surface area contributed by atoms with Crippen LogP contribution in [0.1, 0.15) is 52.8 Å². The molecule has 1 atom stereocenters. The first-order chi connectivity index (χ1) is 16.4. The first kappa shape index (κ1) is 24.0. The van der Waals surface area contributed by atoms with Crippen molar-refractivity contribution in [3.8, 4) is 11.8 Å². The van der Waals surface area contributed by atoms with Crippen LogP contribution in [0.25, 0.3) is 11.0 Å². The fourth-order valence-corrected chi connectivity index (χ4v) is 5.03. The van der Waals surface area contributed by atoms with Crippen LogP contribution in [0.2, 0.25) is 0 Å². The standard InChI is InChI=1S/C25H33N5O4.H2/c1-30-12-10-25(16-26,11-13-30)29-23(31)20(14-17-6-4-3-5-7-17)27-22-19-9-8-18(33-2)15-21(19)34-24(32)28-22;/h8-9,15,17,20H,3-7,10-14H2,1-2H3,(H,29,31)(H,27,28,32);1H/t20-;/m0./s1. The lowest BCUT2D eigenvalue weighted by Crippen LogP contribution is -2.57.